The van der Waals surface area contributed by atoms with E-state index in [0.717, 1.165) is 17.4 Å². The van der Waals surface area contributed by atoms with Gasteiger partial charge in [-0.15, -0.1) is 0 Å². The standard InChI is InChI=1S/C29H29F3O3/c1-28(2,3)23-10-6-20(7-11-23)18-35-27-13-12-24(14-22(27)16-33)34-17-19-4-8-21(9-5-19)25-15-26(25)29(30,31)32/h4-14,16,25-26H,15,17-18H2,1-3H3. The minimum atomic E-state index is -4.13. The van der Waals surface area contributed by atoms with E-state index in [-0.39, 0.29) is 18.4 Å². The molecule has 3 aromatic carbocycles. The first kappa shape index (κ1) is 24.8. The molecule has 0 bridgehead atoms. The number of ether oxygens (including phenoxy) is 2. The lowest BCUT2D eigenvalue weighted by Crippen LogP contribution is -2.11. The average Bonchev–Trinajstić information content (AvgIpc) is 3.63. The molecule has 1 aliphatic rings. The molecule has 0 aliphatic heterocycles. The Labute approximate surface area is 203 Å². The van der Waals surface area contributed by atoms with Crippen LogP contribution >= 0.6 is 0 Å². The first-order valence-corrected chi connectivity index (χ1v) is 11.6. The Balaban J connectivity index is 1.32. The van der Waals surface area contributed by atoms with Crippen molar-refractivity contribution >= 4 is 6.29 Å². The van der Waals surface area contributed by atoms with E-state index in [9.17, 15) is 18.0 Å². The van der Waals surface area contributed by atoms with Gasteiger partial charge < -0.3 is 9.47 Å². The van der Waals surface area contributed by atoms with Crippen LogP contribution in [0.1, 0.15) is 65.7 Å². The Hall–Kier alpha value is -3.28. The van der Waals surface area contributed by atoms with E-state index in [1.165, 1.54) is 5.56 Å². The van der Waals surface area contributed by atoms with Crippen molar-refractivity contribution in [2.45, 2.75) is 57.9 Å². The maximum absolute atomic E-state index is 12.8. The van der Waals surface area contributed by atoms with Crippen LogP contribution in [-0.4, -0.2) is 12.5 Å². The molecule has 3 nitrogen and oxygen atoms in total. The maximum Gasteiger partial charge on any atom is 0.392 e. The molecule has 184 valence electrons. The summed E-state index contributed by atoms with van der Waals surface area (Å²) in [5.74, 6) is -0.684. The number of carbonyl (C=O) groups excluding carboxylic acids is 1. The van der Waals surface area contributed by atoms with Gasteiger partial charge in [0.05, 0.1) is 11.5 Å². The Morgan fingerprint density at radius 2 is 1.46 bits per heavy atom. The fraction of sp³-hybridized carbons (Fsp3) is 0.345. The van der Waals surface area contributed by atoms with Crippen LogP contribution in [0, 0.1) is 5.92 Å². The van der Waals surface area contributed by atoms with Gasteiger partial charge in [-0.2, -0.15) is 13.2 Å². The summed E-state index contributed by atoms with van der Waals surface area (Å²) in [6.45, 7) is 7.07. The summed E-state index contributed by atoms with van der Waals surface area (Å²) in [6, 6.07) is 20.3. The number of carbonyl (C=O) groups is 1. The molecule has 6 heteroatoms. The highest BCUT2D eigenvalue weighted by Crippen LogP contribution is 2.56. The molecule has 0 spiro atoms. The van der Waals surface area contributed by atoms with E-state index in [4.69, 9.17) is 9.47 Å². The number of alkyl halides is 3. The Bertz CT molecular complexity index is 1160. The summed E-state index contributed by atoms with van der Waals surface area (Å²) in [7, 11) is 0. The van der Waals surface area contributed by atoms with Gasteiger partial charge in [-0.05, 0) is 58.2 Å². The molecule has 1 saturated carbocycles. The summed E-state index contributed by atoms with van der Waals surface area (Å²) >= 11 is 0. The van der Waals surface area contributed by atoms with Crippen molar-refractivity contribution in [2.24, 2.45) is 5.92 Å². The van der Waals surface area contributed by atoms with E-state index in [1.54, 1.807) is 42.5 Å². The van der Waals surface area contributed by atoms with Crippen LogP contribution in [-0.2, 0) is 18.6 Å². The highest BCUT2D eigenvalue weighted by molar-refractivity contribution is 5.80. The zero-order valence-electron chi connectivity index (χ0n) is 20.1. The van der Waals surface area contributed by atoms with Crippen LogP contribution in [0.25, 0.3) is 0 Å². The van der Waals surface area contributed by atoms with E-state index in [0.29, 0.717) is 29.2 Å². The fourth-order valence-corrected chi connectivity index (χ4v) is 4.05. The van der Waals surface area contributed by atoms with Gasteiger partial charge in [0, 0.05) is 0 Å². The van der Waals surface area contributed by atoms with Gasteiger partial charge in [-0.1, -0.05) is 69.3 Å². The lowest BCUT2D eigenvalue weighted by molar-refractivity contribution is -0.148. The Morgan fingerprint density at radius 1 is 0.857 bits per heavy atom. The third kappa shape index (κ3) is 6.24. The van der Waals surface area contributed by atoms with E-state index < -0.39 is 18.0 Å². The Morgan fingerprint density at radius 3 is 2.00 bits per heavy atom. The van der Waals surface area contributed by atoms with Crippen molar-refractivity contribution in [3.8, 4) is 11.5 Å². The van der Waals surface area contributed by atoms with Crippen molar-refractivity contribution in [2.75, 3.05) is 0 Å². The summed E-state index contributed by atoms with van der Waals surface area (Å²) in [5, 5.41) is 0. The molecule has 0 amide bonds. The Kier molecular flexibility index (Phi) is 6.93. The smallest absolute Gasteiger partial charge is 0.392 e. The topological polar surface area (TPSA) is 35.5 Å². The number of benzene rings is 3. The monoisotopic (exact) mass is 482 g/mol. The van der Waals surface area contributed by atoms with Gasteiger partial charge in [-0.25, -0.2) is 0 Å². The van der Waals surface area contributed by atoms with Crippen LogP contribution in [0.2, 0.25) is 0 Å². The second-order valence-corrected chi connectivity index (χ2v) is 10.1. The molecule has 1 fully saturated rings. The van der Waals surface area contributed by atoms with Crippen LogP contribution < -0.4 is 9.47 Å². The molecule has 0 saturated heterocycles. The lowest BCUT2D eigenvalue weighted by Gasteiger charge is -2.19. The summed E-state index contributed by atoms with van der Waals surface area (Å²) in [5.41, 5.74) is 4.25. The summed E-state index contributed by atoms with van der Waals surface area (Å²) in [6.07, 6.45) is -3.24. The minimum absolute atomic E-state index is 0.0787. The molecular weight excluding hydrogens is 453 g/mol. The number of hydrogen-bond acceptors (Lipinski definition) is 3. The second kappa shape index (κ2) is 9.76. The van der Waals surface area contributed by atoms with E-state index >= 15 is 0 Å². The quantitative estimate of drug-likeness (QED) is 0.310. The zero-order chi connectivity index (χ0) is 25.2. The maximum atomic E-state index is 12.8. The summed E-state index contributed by atoms with van der Waals surface area (Å²) < 4.78 is 50.0. The largest absolute Gasteiger partial charge is 0.489 e. The minimum Gasteiger partial charge on any atom is -0.489 e. The first-order chi connectivity index (χ1) is 16.5. The zero-order valence-corrected chi connectivity index (χ0v) is 20.1. The number of hydrogen-bond donors (Lipinski definition) is 0. The van der Waals surface area contributed by atoms with E-state index in [2.05, 4.69) is 32.9 Å². The first-order valence-electron chi connectivity index (χ1n) is 11.6. The van der Waals surface area contributed by atoms with Crippen molar-refractivity contribution in [1.29, 1.82) is 0 Å². The van der Waals surface area contributed by atoms with Gasteiger partial charge in [0.2, 0.25) is 0 Å². The molecule has 0 N–H and O–H groups in total. The molecule has 2 atom stereocenters. The lowest BCUT2D eigenvalue weighted by atomic mass is 9.87. The SMILES string of the molecule is CC(C)(C)c1ccc(COc2ccc(OCc3ccc(C4CC4C(F)(F)F)cc3)cc2C=O)cc1. The summed E-state index contributed by atoms with van der Waals surface area (Å²) in [4.78, 5) is 11.6. The molecule has 3 aromatic rings. The second-order valence-electron chi connectivity index (χ2n) is 10.1. The normalized spacial score (nSPS) is 17.7. The number of rotatable bonds is 8. The molecule has 2 unspecified atom stereocenters. The van der Waals surface area contributed by atoms with Crippen molar-refractivity contribution in [3.63, 3.8) is 0 Å². The third-order valence-electron chi connectivity index (χ3n) is 6.35. The van der Waals surface area contributed by atoms with Crippen molar-refractivity contribution in [1.82, 2.24) is 0 Å². The van der Waals surface area contributed by atoms with Gasteiger partial charge in [0.25, 0.3) is 0 Å². The predicted octanol–water partition coefficient (Wildman–Crippen LogP) is 7.62. The molecule has 4 rings (SSSR count). The highest BCUT2D eigenvalue weighted by Gasteiger charge is 2.56. The molecule has 35 heavy (non-hydrogen) atoms. The van der Waals surface area contributed by atoms with Crippen LogP contribution in [0.5, 0.6) is 11.5 Å². The average molecular weight is 483 g/mol. The van der Waals surface area contributed by atoms with Crippen molar-refractivity contribution < 1.29 is 27.4 Å². The molecule has 0 radical (unpaired) electrons. The van der Waals surface area contributed by atoms with Gasteiger partial charge >= 0.3 is 6.18 Å². The van der Waals surface area contributed by atoms with Crippen LogP contribution in [0.3, 0.4) is 0 Å². The number of halogens is 3. The van der Waals surface area contributed by atoms with E-state index in [1.807, 2.05) is 12.1 Å². The van der Waals surface area contributed by atoms with Crippen molar-refractivity contribution in [3.05, 3.63) is 94.5 Å². The molecule has 0 heterocycles. The van der Waals surface area contributed by atoms with Crippen LogP contribution in [0.4, 0.5) is 13.2 Å². The predicted molar refractivity (Wildman–Crippen MR) is 129 cm³/mol. The third-order valence-corrected chi connectivity index (χ3v) is 6.35. The molecular formula is C29H29F3O3. The van der Waals surface area contributed by atoms with Gasteiger partial charge in [0.1, 0.15) is 24.7 Å². The van der Waals surface area contributed by atoms with Gasteiger partial charge in [-0.3, -0.25) is 4.79 Å². The molecule has 0 aromatic heterocycles. The van der Waals surface area contributed by atoms with Gasteiger partial charge in [0.15, 0.2) is 6.29 Å². The van der Waals surface area contributed by atoms with Crippen LogP contribution in [0.15, 0.2) is 66.7 Å². The highest BCUT2D eigenvalue weighted by atomic mass is 19.4. The molecule has 1 aliphatic carbocycles. The fourth-order valence-electron chi connectivity index (χ4n) is 4.05. The number of aldehydes is 1.